The topological polar surface area (TPSA) is 112 Å². The van der Waals surface area contributed by atoms with Crippen LogP contribution in [-0.4, -0.2) is 60.8 Å². The summed E-state index contributed by atoms with van der Waals surface area (Å²) in [4.78, 5) is 23.6. The van der Waals surface area contributed by atoms with Gasteiger partial charge in [0.15, 0.2) is 0 Å². The van der Waals surface area contributed by atoms with Crippen LogP contribution in [0.25, 0.3) is 54.2 Å². The van der Waals surface area contributed by atoms with Gasteiger partial charge >= 0.3 is 11.9 Å². The summed E-state index contributed by atoms with van der Waals surface area (Å²) in [6.07, 6.45) is -2.00. The molecule has 9 rings (SSSR count). The number of carbonyl (C=O) groups is 2. The zero-order valence-electron chi connectivity index (χ0n) is 35.1. The molecular formula is C55H46O8. The van der Waals surface area contributed by atoms with E-state index < -0.39 is 29.6 Å². The van der Waals surface area contributed by atoms with Crippen molar-refractivity contribution in [3.8, 4) is 22.6 Å². The van der Waals surface area contributed by atoms with E-state index in [2.05, 4.69) is 122 Å². The molecule has 0 aliphatic heterocycles. The van der Waals surface area contributed by atoms with Crippen LogP contribution in [0.15, 0.2) is 170 Å². The monoisotopic (exact) mass is 834 g/mol. The minimum Gasteiger partial charge on any atom is -0.491 e. The number of aliphatic hydroxyl groups is 2. The van der Waals surface area contributed by atoms with E-state index >= 15 is 0 Å². The molecule has 0 fully saturated rings. The van der Waals surface area contributed by atoms with E-state index in [-0.39, 0.29) is 37.6 Å². The molecule has 1 aliphatic carbocycles. The Morgan fingerprint density at radius 1 is 0.508 bits per heavy atom. The number of hydrogen-bond acceptors (Lipinski definition) is 8. The number of fused-ring (bicyclic) bond motifs is 8. The molecule has 0 amide bonds. The number of esters is 2. The van der Waals surface area contributed by atoms with Crippen molar-refractivity contribution in [2.45, 2.75) is 31.5 Å². The number of hydrogen-bond donors (Lipinski definition) is 2. The van der Waals surface area contributed by atoms with E-state index in [9.17, 15) is 19.8 Å². The van der Waals surface area contributed by atoms with Gasteiger partial charge in [-0.3, -0.25) is 0 Å². The van der Waals surface area contributed by atoms with Gasteiger partial charge in [0.2, 0.25) is 0 Å². The fraction of sp³-hybridized carbons (Fsp3) is 0.164. The number of ether oxygens (including phenoxy) is 4. The van der Waals surface area contributed by atoms with Crippen molar-refractivity contribution in [1.29, 1.82) is 0 Å². The Bertz CT molecular complexity index is 3000. The Kier molecular flexibility index (Phi) is 11.0. The highest BCUT2D eigenvalue weighted by atomic mass is 16.6. The third-order valence-electron chi connectivity index (χ3n) is 11.8. The minimum atomic E-state index is -1.00. The van der Waals surface area contributed by atoms with E-state index in [0.717, 1.165) is 38.1 Å². The highest BCUT2D eigenvalue weighted by Crippen LogP contribution is 2.59. The van der Waals surface area contributed by atoms with Crippen LogP contribution in [0, 0.1) is 0 Å². The largest absolute Gasteiger partial charge is 0.491 e. The smallest absolute Gasteiger partial charge is 0.333 e. The molecule has 0 heterocycles. The summed E-state index contributed by atoms with van der Waals surface area (Å²) in [5.41, 5.74) is 6.77. The summed E-state index contributed by atoms with van der Waals surface area (Å²) >= 11 is 0. The first-order chi connectivity index (χ1) is 30.5. The predicted molar refractivity (Wildman–Crippen MR) is 248 cm³/mol. The van der Waals surface area contributed by atoms with Crippen LogP contribution in [0.2, 0.25) is 0 Å². The second-order valence-corrected chi connectivity index (χ2v) is 16.3. The molecule has 0 spiro atoms. The normalized spacial score (nSPS) is 15.1. The molecule has 1 aliphatic rings. The predicted octanol–water partition coefficient (Wildman–Crippen LogP) is 10.4. The maximum atomic E-state index is 11.8. The summed E-state index contributed by atoms with van der Waals surface area (Å²) in [7, 11) is 0. The molecular weight excluding hydrogens is 789 g/mol. The number of carbonyl (C=O) groups excluding carboxylic acids is 2. The van der Waals surface area contributed by atoms with Gasteiger partial charge in [-0.05, 0) is 139 Å². The second kappa shape index (κ2) is 16.9. The van der Waals surface area contributed by atoms with Crippen molar-refractivity contribution in [3.63, 3.8) is 0 Å². The molecule has 2 atom stereocenters. The van der Waals surface area contributed by atoms with Gasteiger partial charge < -0.3 is 29.2 Å². The molecule has 314 valence electrons. The van der Waals surface area contributed by atoms with Crippen LogP contribution >= 0.6 is 0 Å². The molecule has 2 unspecified atom stereocenters. The SMILES string of the molecule is C=C(C)C(=O)OCC(O)COc1ccc2cc(C3(c4ccc5cc(OCC(O)COC(=O)C(=C)C)ccc5c4)c4cc5ccccc5cc4-c4c3ccc3ccccc43)ccc2c1. The first-order valence-electron chi connectivity index (χ1n) is 20.9. The molecule has 63 heavy (non-hydrogen) atoms. The summed E-state index contributed by atoms with van der Waals surface area (Å²) in [5, 5.41) is 29.5. The van der Waals surface area contributed by atoms with E-state index in [1.165, 1.54) is 38.4 Å². The fourth-order valence-electron chi connectivity index (χ4n) is 8.73. The number of benzene rings is 8. The van der Waals surface area contributed by atoms with Crippen LogP contribution < -0.4 is 9.47 Å². The average Bonchev–Trinajstić information content (AvgIpc) is 3.59. The summed E-state index contributed by atoms with van der Waals surface area (Å²) < 4.78 is 22.1. The minimum absolute atomic E-state index is 0.0455. The molecule has 0 saturated carbocycles. The molecule has 0 aromatic heterocycles. The number of aliphatic hydroxyl groups excluding tert-OH is 2. The van der Waals surface area contributed by atoms with Crippen molar-refractivity contribution in [1.82, 2.24) is 0 Å². The van der Waals surface area contributed by atoms with Crippen molar-refractivity contribution in [2.75, 3.05) is 26.4 Å². The Labute approximate surface area is 365 Å². The standard InChI is InChI=1S/C55H46O8/c1-33(2)53(58)62-31-44(56)29-60-46-20-15-38-23-42(18-13-40(38)25-46)55(43-19-14-41-26-47(21-16-39(41)24-43)61-30-45(57)32-63-54(59)34(3)4)50-22-17-35-9-7-8-12-48(35)52(50)49-27-36-10-5-6-11-37(36)28-51(49)55/h5-28,44-45,56-57H,1,3,29-32H2,2,4H3. The lowest BCUT2D eigenvalue weighted by molar-refractivity contribution is -0.143. The van der Waals surface area contributed by atoms with Gasteiger partial charge in [-0.15, -0.1) is 0 Å². The maximum absolute atomic E-state index is 11.8. The van der Waals surface area contributed by atoms with Crippen LogP contribution in [-0.2, 0) is 24.5 Å². The van der Waals surface area contributed by atoms with Crippen molar-refractivity contribution < 1.29 is 38.7 Å². The van der Waals surface area contributed by atoms with Crippen molar-refractivity contribution in [2.24, 2.45) is 0 Å². The zero-order chi connectivity index (χ0) is 43.8. The van der Waals surface area contributed by atoms with Crippen LogP contribution in [0.3, 0.4) is 0 Å². The summed E-state index contributed by atoms with van der Waals surface area (Å²) in [6.45, 7) is 9.80. The van der Waals surface area contributed by atoms with E-state index in [1.54, 1.807) is 13.8 Å². The van der Waals surface area contributed by atoms with Crippen molar-refractivity contribution in [3.05, 3.63) is 192 Å². The maximum Gasteiger partial charge on any atom is 0.333 e. The first kappa shape index (κ1) is 41.1. The second-order valence-electron chi connectivity index (χ2n) is 16.3. The lowest BCUT2D eigenvalue weighted by Gasteiger charge is -2.34. The Morgan fingerprint density at radius 3 is 1.49 bits per heavy atom. The average molecular weight is 835 g/mol. The van der Waals surface area contributed by atoms with E-state index in [1.807, 2.05) is 36.4 Å². The molecule has 0 bridgehead atoms. The van der Waals surface area contributed by atoms with E-state index in [0.29, 0.717) is 11.5 Å². The fourth-order valence-corrected chi connectivity index (χ4v) is 8.73. The van der Waals surface area contributed by atoms with Gasteiger partial charge in [-0.2, -0.15) is 0 Å². The molecule has 2 N–H and O–H groups in total. The molecule has 0 radical (unpaired) electrons. The lowest BCUT2D eigenvalue weighted by Crippen LogP contribution is -2.28. The third-order valence-corrected chi connectivity index (χ3v) is 11.8. The van der Waals surface area contributed by atoms with Gasteiger partial charge in [0.25, 0.3) is 0 Å². The molecule has 0 saturated heterocycles. The molecule has 8 heteroatoms. The lowest BCUT2D eigenvalue weighted by atomic mass is 9.67. The van der Waals surface area contributed by atoms with Crippen molar-refractivity contribution >= 4 is 55.0 Å². The number of rotatable bonds is 14. The Balaban J connectivity index is 1.14. The van der Waals surface area contributed by atoms with E-state index in [4.69, 9.17) is 18.9 Å². The van der Waals surface area contributed by atoms with Crippen LogP contribution in [0.5, 0.6) is 11.5 Å². The van der Waals surface area contributed by atoms with Gasteiger partial charge in [0.05, 0.1) is 5.41 Å². The summed E-state index contributed by atoms with van der Waals surface area (Å²) in [5.74, 6) is 0.0621. The van der Waals surface area contributed by atoms with Gasteiger partial charge in [-0.25, -0.2) is 9.59 Å². The molecule has 8 aromatic rings. The van der Waals surface area contributed by atoms with Crippen LogP contribution in [0.4, 0.5) is 0 Å². The van der Waals surface area contributed by atoms with Gasteiger partial charge in [0, 0.05) is 11.1 Å². The highest BCUT2D eigenvalue weighted by molar-refractivity contribution is 6.07. The zero-order valence-corrected chi connectivity index (χ0v) is 35.1. The molecule has 8 aromatic carbocycles. The quantitative estimate of drug-likeness (QED) is 0.0823. The van der Waals surface area contributed by atoms with Gasteiger partial charge in [-0.1, -0.05) is 110 Å². The molecule has 8 nitrogen and oxygen atoms in total. The van der Waals surface area contributed by atoms with Gasteiger partial charge in [0.1, 0.15) is 50.1 Å². The highest BCUT2D eigenvalue weighted by Gasteiger charge is 2.47. The Morgan fingerprint density at radius 2 is 0.952 bits per heavy atom. The van der Waals surface area contributed by atoms with Crippen LogP contribution in [0.1, 0.15) is 36.1 Å². The first-order valence-corrected chi connectivity index (χ1v) is 20.9. The Hall–Kier alpha value is -7.26. The summed E-state index contributed by atoms with van der Waals surface area (Å²) in [6, 6.07) is 51.3. The third kappa shape index (κ3) is 7.80.